The summed E-state index contributed by atoms with van der Waals surface area (Å²) in [6.45, 7) is 16.6. The molecule has 2 heterocycles. The minimum Gasteiger partial charge on any atom is -0.268 e. The van der Waals surface area contributed by atoms with E-state index in [9.17, 15) is 0 Å². The average Bonchev–Trinajstić information content (AvgIpc) is 1.21. The molecule has 0 unspecified atom stereocenters. The lowest BCUT2D eigenvalue weighted by molar-refractivity contribution is 0.0877. The van der Waals surface area contributed by atoms with Crippen LogP contribution in [0.5, 0.6) is 0 Å². The van der Waals surface area contributed by atoms with Crippen molar-refractivity contribution >= 4 is 167 Å². The highest BCUT2D eigenvalue weighted by atomic mass is 16.2. The summed E-state index contributed by atoms with van der Waals surface area (Å²) in [5.41, 5.74) is 22.6. The number of imide groups is 2. The van der Waals surface area contributed by atoms with Crippen molar-refractivity contribution in [1.29, 1.82) is 0 Å². The molecule has 2 aliphatic heterocycles. The smallest absolute Gasteiger partial charge is 0.266 e. The van der Waals surface area contributed by atoms with Gasteiger partial charge in [-0.2, -0.15) is 0 Å². The minimum absolute atomic E-state index is 0.0118. The van der Waals surface area contributed by atoms with Crippen LogP contribution in [0.15, 0.2) is 170 Å². The summed E-state index contributed by atoms with van der Waals surface area (Å²) in [7, 11) is 0. The topological polar surface area (TPSA) is 74.8 Å². The van der Waals surface area contributed by atoms with E-state index in [-0.39, 0.29) is 47.3 Å². The van der Waals surface area contributed by atoms with Gasteiger partial charge in [-0.1, -0.05) is 164 Å². The van der Waals surface area contributed by atoms with Gasteiger partial charge >= 0.3 is 0 Å². The van der Waals surface area contributed by atoms with E-state index in [4.69, 9.17) is 12.8 Å². The first-order valence-electron chi connectivity index (χ1n) is 35.5. The van der Waals surface area contributed by atoms with Crippen molar-refractivity contribution in [1.82, 2.24) is 0 Å². The van der Waals surface area contributed by atoms with Crippen LogP contribution in [0.3, 0.4) is 0 Å². The van der Waals surface area contributed by atoms with E-state index in [1.54, 1.807) is 0 Å². The molecule has 3 aliphatic carbocycles. The number of hydrogen-bond donors (Lipinski definition) is 0. The number of fused-ring (bicyclic) bond motifs is 14. The summed E-state index contributed by atoms with van der Waals surface area (Å²) in [6, 6.07) is 61.0. The largest absolute Gasteiger partial charge is 0.268 e. The predicted molar refractivity (Wildman–Crippen MR) is 424 cm³/mol. The van der Waals surface area contributed by atoms with Crippen molar-refractivity contribution in [2.75, 3.05) is 9.80 Å². The Hall–Kier alpha value is -12.5. The van der Waals surface area contributed by atoms with E-state index >= 15 is 19.2 Å². The van der Waals surface area contributed by atoms with Crippen LogP contribution in [0.25, 0.3) is 177 Å². The van der Waals surface area contributed by atoms with Crippen molar-refractivity contribution < 1.29 is 19.2 Å². The molecule has 0 saturated heterocycles. The lowest BCUT2D eigenvalue weighted by Gasteiger charge is -2.33. The summed E-state index contributed by atoms with van der Waals surface area (Å²) in [5, 5.41) is 21.3. The molecule has 16 aromatic carbocycles. The van der Waals surface area contributed by atoms with Gasteiger partial charge in [0.1, 0.15) is 0 Å². The van der Waals surface area contributed by atoms with Gasteiger partial charge in [-0.25, -0.2) is 9.80 Å². The highest BCUT2D eigenvalue weighted by Gasteiger charge is 2.41. The van der Waals surface area contributed by atoms with Gasteiger partial charge in [0.05, 0.1) is 11.4 Å². The monoisotopic (exact) mass is 1310 g/mol. The summed E-state index contributed by atoms with van der Waals surface area (Å²) >= 11 is 0. The molecular weight excluding hydrogens is 1250 g/mol. The zero-order valence-electron chi connectivity index (χ0n) is 57.5. The number of carbonyl (C=O) groups excluding carboxylic acids is 4. The molecule has 0 radical (unpaired) electrons. The number of carbonyl (C=O) groups is 4. The third kappa shape index (κ3) is 7.40. The first kappa shape index (κ1) is 58.5. The molecule has 0 spiro atoms. The van der Waals surface area contributed by atoms with Gasteiger partial charge in [0.2, 0.25) is 0 Å². The maximum absolute atomic E-state index is 15.1. The Bertz CT molecular complexity index is 6200. The highest BCUT2D eigenvalue weighted by Crippen LogP contribution is 2.57. The number of terminal acetylenes is 2. The van der Waals surface area contributed by atoms with Crippen LogP contribution in [0, 0.1) is 24.7 Å². The van der Waals surface area contributed by atoms with Crippen LogP contribution in [-0.4, -0.2) is 23.6 Å². The number of anilines is 2. The molecule has 0 N–H and O–H groups in total. The van der Waals surface area contributed by atoms with Crippen molar-refractivity contribution in [3.05, 3.63) is 248 Å². The van der Waals surface area contributed by atoms with Crippen LogP contribution in [-0.2, 0) is 0 Å². The molecule has 0 bridgehead atoms. The summed E-state index contributed by atoms with van der Waals surface area (Å²) < 4.78 is 0. The molecule has 6 heteroatoms. The van der Waals surface area contributed by atoms with Gasteiger partial charge in [-0.3, -0.25) is 19.2 Å². The normalized spacial score (nSPS) is 14.2. The maximum atomic E-state index is 15.1. The molecule has 4 amide bonds. The Kier molecular flexibility index (Phi) is 11.5. The minimum atomic E-state index is -0.316. The Labute approximate surface area is 588 Å². The van der Waals surface area contributed by atoms with Gasteiger partial charge in [-0.05, 0) is 307 Å². The van der Waals surface area contributed by atoms with Gasteiger partial charge in [-0.15, -0.1) is 12.8 Å². The Morgan fingerprint density at radius 1 is 0.255 bits per heavy atom. The van der Waals surface area contributed by atoms with Gasteiger partial charge in [0, 0.05) is 44.2 Å². The molecular formula is C96H62N2O4. The summed E-state index contributed by atoms with van der Waals surface area (Å²) in [5.74, 6) is 4.40. The van der Waals surface area contributed by atoms with Crippen LogP contribution in [0.1, 0.15) is 176 Å². The fourth-order valence-corrected chi connectivity index (χ4v) is 18.9. The second kappa shape index (κ2) is 20.1. The van der Waals surface area contributed by atoms with Crippen LogP contribution in [0.4, 0.5) is 11.4 Å². The van der Waals surface area contributed by atoms with Crippen LogP contribution >= 0.6 is 0 Å². The quantitative estimate of drug-likeness (QED) is 0.0719. The molecule has 0 atom stereocenters. The first-order valence-corrected chi connectivity index (χ1v) is 35.5. The summed E-state index contributed by atoms with van der Waals surface area (Å²) in [4.78, 5) is 63.3. The van der Waals surface area contributed by atoms with Crippen molar-refractivity contribution in [3.63, 3.8) is 0 Å². The van der Waals surface area contributed by atoms with Crippen molar-refractivity contribution in [2.24, 2.45) is 0 Å². The lowest BCUT2D eigenvalue weighted by atomic mass is 9.83. The van der Waals surface area contributed by atoms with Gasteiger partial charge < -0.3 is 0 Å². The number of nitrogens with zero attached hydrogens (tertiary/aromatic N) is 2. The second-order valence-corrected chi connectivity index (χ2v) is 30.2. The van der Waals surface area contributed by atoms with E-state index in [0.717, 1.165) is 109 Å². The van der Waals surface area contributed by atoms with Crippen molar-refractivity contribution in [3.8, 4) is 69.2 Å². The molecule has 0 fully saturated rings. The first-order chi connectivity index (χ1) is 49.5. The maximum Gasteiger partial charge on any atom is 0.266 e. The number of hydrogen-bond acceptors (Lipinski definition) is 4. The molecule has 102 heavy (non-hydrogen) atoms. The molecule has 0 saturated carbocycles. The molecule has 21 rings (SSSR count). The zero-order valence-corrected chi connectivity index (χ0v) is 57.5. The molecule has 0 aromatic heterocycles. The van der Waals surface area contributed by atoms with E-state index in [0.29, 0.717) is 44.4 Å². The highest BCUT2D eigenvalue weighted by molar-refractivity contribution is 6.46. The SMILES string of the molecule is C#Cc1cc(C(C)C)c(N2C(=O)c3ccc4c5ccc6c7c(ccc(c8ccc(c3c48)C2=O)c75)-c2cc3cc4c(cc3cc2-6)C=Cc2cc3cc5c(cc3cc2C=C4)-c2ccc3c4ccc6c7c(ccc(c8ccc-5c2c83)c74)C(=O)N(c2c(C(C)C)cc(C#C)cc2C(C)C)C6=O)c(C(C)C)c1. The van der Waals surface area contributed by atoms with E-state index in [1.165, 1.54) is 97.4 Å². The lowest BCUT2D eigenvalue weighted by Crippen LogP contribution is -2.41. The van der Waals surface area contributed by atoms with Gasteiger partial charge in [0.15, 0.2) is 0 Å². The predicted octanol–water partition coefficient (Wildman–Crippen LogP) is 24.1. The Morgan fingerprint density at radius 3 is 0.667 bits per heavy atom. The molecule has 5 aliphatic rings. The zero-order chi connectivity index (χ0) is 69.2. The fraction of sp³-hybridized carbons (Fsp3) is 0.125. The van der Waals surface area contributed by atoms with E-state index < -0.39 is 0 Å². The number of rotatable bonds is 6. The number of benzene rings is 16. The fourth-order valence-electron chi connectivity index (χ4n) is 18.9. The Morgan fingerprint density at radius 2 is 0.461 bits per heavy atom. The number of amides is 4. The van der Waals surface area contributed by atoms with Crippen LogP contribution < -0.4 is 9.80 Å². The third-order valence-corrected chi connectivity index (χ3v) is 23.5. The van der Waals surface area contributed by atoms with E-state index in [1.807, 2.05) is 48.5 Å². The van der Waals surface area contributed by atoms with E-state index in [2.05, 4.69) is 213 Å². The molecule has 16 aromatic rings. The summed E-state index contributed by atoms with van der Waals surface area (Å²) in [6.07, 6.45) is 21.0. The molecule has 480 valence electrons. The van der Waals surface area contributed by atoms with Gasteiger partial charge in [0.25, 0.3) is 23.6 Å². The second-order valence-electron chi connectivity index (χ2n) is 30.2. The van der Waals surface area contributed by atoms with Crippen LogP contribution in [0.2, 0.25) is 0 Å². The van der Waals surface area contributed by atoms with Crippen molar-refractivity contribution in [2.45, 2.75) is 79.1 Å². The Balaban J connectivity index is 0.628. The average molecular weight is 1310 g/mol. The standard InChI is InChI=1S/C96H62N2O4/c1-11-49-33-75(45(3)4)91(76(34-49)46(5)6)97-93(99)71-29-25-63-59-17-21-67-79-41-55-37-51-13-15-53-39-57-43-81-69-23-19-61-65-27-31-73-90-74(96(102)98(95(73)101)92-77(47(7)8)35-50(12-2)36-78(92)48(9)10)32-28-66(86(65)90)62-20-24-70(88(69)84(61)62)82(81)44-58(57)40-54(53)16-14-52(51)38-56(55)42-80(79)68-22-18-60(83(59)87(67)68)64-26-30-72(94(97)100)89(71)85(63)64/h1-2,13-48H,3-10H3. The molecule has 6 nitrogen and oxygen atoms in total. The third-order valence-electron chi connectivity index (χ3n) is 23.5.